The van der Waals surface area contributed by atoms with Crippen molar-refractivity contribution in [3.05, 3.63) is 6.58 Å². The van der Waals surface area contributed by atoms with Crippen LogP contribution in [0, 0.1) is 12.2 Å². The molecule has 0 aromatic rings. The van der Waals surface area contributed by atoms with Crippen LogP contribution in [-0.4, -0.2) is 5.87 Å². The first kappa shape index (κ1) is 7.30. The molecule has 3 nitrogen and oxygen atoms in total. The Morgan fingerprint density at radius 2 is 2.38 bits per heavy atom. The molecule has 0 atom stereocenters. The number of rotatable bonds is 1. The predicted octanol–water partition coefficient (Wildman–Crippen LogP) is 0.422. The molecule has 0 rings (SSSR count). The molecule has 0 saturated carbocycles. The predicted molar refractivity (Wildman–Crippen MR) is 24.4 cm³/mol. The van der Waals surface area contributed by atoms with Gasteiger partial charge in [0, 0.05) is 0 Å². The Morgan fingerprint density at radius 1 is 1.62 bits per heavy atom. The van der Waals surface area contributed by atoms with E-state index in [1.165, 1.54) is 0 Å². The Balaban J connectivity index is 3.43. The Morgan fingerprint density at radius 3 is 2.88 bits per heavy atom. The fourth-order valence-corrected chi connectivity index (χ4v) is 0.194. The Bertz CT molecular complexity index is 172. The quantitative estimate of drug-likeness (QED) is 0.391. The summed E-state index contributed by atoms with van der Waals surface area (Å²) in [6, 6.07) is 2.26. The van der Waals surface area contributed by atoms with Crippen LogP contribution in [0.1, 0.15) is 0 Å². The third kappa shape index (κ3) is 5.30. The first-order chi connectivity index (χ1) is 3.91. The summed E-state index contributed by atoms with van der Waals surface area (Å²) < 4.78 is 3.39. The molecule has 0 fully saturated rings. The summed E-state index contributed by atoms with van der Waals surface area (Å²) in [6.45, 7) is 3.14. The van der Waals surface area contributed by atoms with Crippen LogP contribution < -0.4 is 0 Å². The van der Waals surface area contributed by atoms with Crippen LogP contribution in [0.2, 0.25) is 0 Å². The first-order valence-corrected chi connectivity index (χ1v) is 2.60. The molecule has 0 amide bonds. The molecule has 0 aromatic carbocycles. The average molecular weight is 289 g/mol. The maximum absolute atomic E-state index is 4.22. The zero-order valence-corrected chi connectivity index (χ0v) is 6.10. The van der Waals surface area contributed by atoms with Crippen molar-refractivity contribution in [2.75, 3.05) is 0 Å². The van der Waals surface area contributed by atoms with E-state index in [0.29, 0.717) is 0 Å². The second kappa shape index (κ2) is 6.30. The van der Waals surface area contributed by atoms with Gasteiger partial charge in [0.1, 0.15) is 0 Å². The minimum atomic E-state index is 1.72. The van der Waals surface area contributed by atoms with Gasteiger partial charge in [-0.05, 0) is 0 Å². The van der Waals surface area contributed by atoms with Crippen molar-refractivity contribution >= 4 is 5.87 Å². The summed E-state index contributed by atoms with van der Waals surface area (Å²) in [5.74, 6) is 2.13. The van der Waals surface area contributed by atoms with Crippen LogP contribution in [0.4, 0.5) is 0 Å². The average Bonchev–Trinajstić information content (AvgIpc) is 1.81. The normalized spacial score (nSPS) is 5.25. The Kier molecular flexibility index (Phi) is 5.75. The van der Waals surface area contributed by atoms with E-state index in [9.17, 15) is 0 Å². The number of nitrogens with zero attached hydrogens (tertiary/aromatic N) is 2. The molecular formula is C4H2N2OPt. The van der Waals surface area contributed by atoms with Crippen molar-refractivity contribution in [1.29, 1.82) is 0 Å². The van der Waals surface area contributed by atoms with Crippen LogP contribution in [0.3, 0.4) is 0 Å². The van der Waals surface area contributed by atoms with E-state index < -0.39 is 0 Å². The molecule has 0 N–H and O–H groups in total. The summed E-state index contributed by atoms with van der Waals surface area (Å²) in [5, 5.41) is 3.11. The molecule has 0 aliphatic carbocycles. The molecule has 4 heteroatoms. The fourth-order valence-electron chi connectivity index (χ4n) is 0.0899. The van der Waals surface area contributed by atoms with E-state index in [1.54, 1.807) is 19.6 Å². The molecule has 0 saturated heterocycles. The molecule has 0 heterocycles. The minimum absolute atomic E-state index is 1.72. The van der Waals surface area contributed by atoms with Crippen LogP contribution >= 0.6 is 0 Å². The van der Waals surface area contributed by atoms with E-state index in [2.05, 4.69) is 38.1 Å². The maximum atomic E-state index is 4.22. The topological polar surface area (TPSA) is 34.0 Å². The number of hydrogen-bond donors (Lipinski definition) is 0. The zero-order valence-electron chi connectivity index (χ0n) is 3.83. The summed E-state index contributed by atoms with van der Waals surface area (Å²) in [4.78, 5) is 4.22. The van der Waals surface area contributed by atoms with Gasteiger partial charge in [-0.2, -0.15) is 0 Å². The molecule has 0 bridgehead atoms. The third-order valence-electron chi connectivity index (χ3n) is 0.237. The van der Waals surface area contributed by atoms with Crippen molar-refractivity contribution in [3.63, 3.8) is 0 Å². The van der Waals surface area contributed by atoms with Crippen molar-refractivity contribution in [2.45, 2.75) is 0 Å². The van der Waals surface area contributed by atoms with E-state index in [0.717, 1.165) is 0 Å². The molecule has 44 valence electrons. The van der Waals surface area contributed by atoms with Crippen molar-refractivity contribution < 1.29 is 24.5 Å². The molecule has 0 aromatic heterocycles. The van der Waals surface area contributed by atoms with Gasteiger partial charge in [-0.25, -0.2) is 0 Å². The summed E-state index contributed by atoms with van der Waals surface area (Å²) in [7, 11) is 0. The zero-order chi connectivity index (χ0) is 6.24. The molecule has 8 heavy (non-hydrogen) atoms. The van der Waals surface area contributed by atoms with Crippen LogP contribution in [0.5, 0.6) is 0 Å². The third-order valence-corrected chi connectivity index (χ3v) is 0.491. The van der Waals surface area contributed by atoms with Gasteiger partial charge >= 0.3 is 57.7 Å². The van der Waals surface area contributed by atoms with Gasteiger partial charge in [0.25, 0.3) is 0 Å². The van der Waals surface area contributed by atoms with Gasteiger partial charge in [-0.3, -0.25) is 0 Å². The molecular weight excluding hydrogens is 287 g/mol. The van der Waals surface area contributed by atoms with E-state index in [1.807, 2.05) is 0 Å². The number of hydrogen-bond acceptors (Lipinski definition) is 3. The second-order valence-electron chi connectivity index (χ2n) is 0.625. The summed E-state index contributed by atoms with van der Waals surface area (Å²) in [6.07, 6.45) is 2.14. The van der Waals surface area contributed by atoms with Gasteiger partial charge in [-0.15, -0.1) is 0 Å². The van der Waals surface area contributed by atoms with Crippen LogP contribution in [0.15, 0.2) is 15.2 Å². The monoisotopic (exact) mass is 289 g/mol. The van der Waals surface area contributed by atoms with Crippen LogP contribution in [0.25, 0.3) is 0 Å². The standard InChI is InChI=1S/C4H2N2O.Pt/c1-2-6-7-4-3-5;/h1H2;. The van der Waals surface area contributed by atoms with E-state index in [-0.39, 0.29) is 0 Å². The Hall–Kier alpha value is -0.702. The van der Waals surface area contributed by atoms with Gasteiger partial charge < -0.3 is 0 Å². The van der Waals surface area contributed by atoms with Crippen molar-refractivity contribution in [3.8, 4) is 12.2 Å². The Labute approximate surface area is 58.2 Å². The van der Waals surface area contributed by atoms with Crippen LogP contribution in [-0.2, 0) is 24.5 Å². The van der Waals surface area contributed by atoms with Crippen molar-refractivity contribution in [2.24, 2.45) is 8.65 Å². The van der Waals surface area contributed by atoms with Gasteiger partial charge in [0.2, 0.25) is 0 Å². The molecule has 0 aliphatic rings. The van der Waals surface area contributed by atoms with Gasteiger partial charge in [0.05, 0.1) is 0 Å². The SMILES string of the molecule is C=C=NOC#C[N]=[Pt]. The summed E-state index contributed by atoms with van der Waals surface area (Å²) in [5.41, 5.74) is 0. The molecule has 0 unspecified atom stereocenters. The van der Waals surface area contributed by atoms with Gasteiger partial charge in [0.15, 0.2) is 0 Å². The molecule has 0 aliphatic heterocycles. The molecule has 0 radical (unpaired) electrons. The second-order valence-corrected chi connectivity index (χ2v) is 1.13. The van der Waals surface area contributed by atoms with Crippen molar-refractivity contribution in [1.82, 2.24) is 0 Å². The van der Waals surface area contributed by atoms with E-state index in [4.69, 9.17) is 0 Å². The van der Waals surface area contributed by atoms with Gasteiger partial charge in [-0.1, -0.05) is 0 Å². The first-order valence-electron chi connectivity index (χ1n) is 1.58. The fraction of sp³-hybridized carbons (Fsp3) is 0. The van der Waals surface area contributed by atoms with E-state index >= 15 is 0 Å². The summed E-state index contributed by atoms with van der Waals surface area (Å²) >= 11 is 1.72. The molecule has 0 spiro atoms.